The molecular weight excluding hydrogens is 392 g/mol. The minimum Gasteiger partial charge on any atom is -0.482 e. The van der Waals surface area contributed by atoms with E-state index in [2.05, 4.69) is 38.3 Å². The first kappa shape index (κ1) is 18.9. The van der Waals surface area contributed by atoms with Crippen LogP contribution in [0, 0.1) is 13.8 Å². The Hall–Kier alpha value is -1.85. The van der Waals surface area contributed by atoms with Crippen molar-refractivity contribution in [2.45, 2.75) is 33.2 Å². The largest absolute Gasteiger partial charge is 0.482 e. The van der Waals surface area contributed by atoms with Crippen LogP contribution >= 0.6 is 15.9 Å². The fourth-order valence-electron chi connectivity index (χ4n) is 3.31. The van der Waals surface area contributed by atoms with Gasteiger partial charge in [0.25, 0.3) is 5.91 Å². The molecule has 0 spiro atoms. The number of anilines is 1. The molecule has 1 amide bonds. The number of rotatable bonds is 6. The van der Waals surface area contributed by atoms with E-state index in [4.69, 9.17) is 4.74 Å². The molecule has 0 unspecified atom stereocenters. The normalized spacial score (nSPS) is 14.4. The van der Waals surface area contributed by atoms with Gasteiger partial charge in [-0.15, -0.1) is 0 Å². The standard InChI is InChI=1S/C21H25BrN2O2/c1-15-11-16(2)21(19(22)12-15)26-14-20(25)23-18-7-5-17(6-8-18)13-24-9-3-4-10-24/h5-8,11-12H,3-4,9-10,13-14H2,1-2H3,(H,23,25). The van der Waals surface area contributed by atoms with Crippen molar-refractivity contribution >= 4 is 27.5 Å². The van der Waals surface area contributed by atoms with Crippen LogP contribution in [0.25, 0.3) is 0 Å². The summed E-state index contributed by atoms with van der Waals surface area (Å²) in [4.78, 5) is 14.6. The molecule has 4 nitrogen and oxygen atoms in total. The topological polar surface area (TPSA) is 41.6 Å². The fraction of sp³-hybridized carbons (Fsp3) is 0.381. The molecule has 3 rings (SSSR count). The predicted molar refractivity (Wildman–Crippen MR) is 109 cm³/mol. The molecule has 0 radical (unpaired) electrons. The van der Waals surface area contributed by atoms with Crippen molar-refractivity contribution in [1.29, 1.82) is 0 Å². The highest BCUT2D eigenvalue weighted by molar-refractivity contribution is 9.10. The summed E-state index contributed by atoms with van der Waals surface area (Å²) in [6, 6.07) is 12.1. The number of hydrogen-bond acceptors (Lipinski definition) is 3. The van der Waals surface area contributed by atoms with E-state index in [0.717, 1.165) is 27.8 Å². The van der Waals surface area contributed by atoms with Crippen molar-refractivity contribution in [2.75, 3.05) is 25.0 Å². The van der Waals surface area contributed by atoms with Crippen LogP contribution < -0.4 is 10.1 Å². The van der Waals surface area contributed by atoms with Crippen LogP contribution in [-0.4, -0.2) is 30.5 Å². The third-order valence-electron chi connectivity index (χ3n) is 4.56. The van der Waals surface area contributed by atoms with Crippen LogP contribution in [-0.2, 0) is 11.3 Å². The number of carbonyl (C=O) groups excluding carboxylic acids is 1. The molecule has 5 heteroatoms. The Balaban J connectivity index is 1.51. The van der Waals surface area contributed by atoms with Crippen molar-refractivity contribution in [3.8, 4) is 5.75 Å². The summed E-state index contributed by atoms with van der Waals surface area (Å²) in [7, 11) is 0. The highest BCUT2D eigenvalue weighted by atomic mass is 79.9. The molecule has 26 heavy (non-hydrogen) atoms. The van der Waals surface area contributed by atoms with Gasteiger partial charge in [0, 0.05) is 12.2 Å². The van der Waals surface area contributed by atoms with Gasteiger partial charge in [0.05, 0.1) is 4.47 Å². The van der Waals surface area contributed by atoms with E-state index < -0.39 is 0 Å². The van der Waals surface area contributed by atoms with Gasteiger partial charge in [0.15, 0.2) is 6.61 Å². The van der Waals surface area contributed by atoms with Crippen LogP contribution in [0.1, 0.15) is 29.5 Å². The summed E-state index contributed by atoms with van der Waals surface area (Å²) in [5.74, 6) is 0.552. The Morgan fingerprint density at radius 2 is 1.85 bits per heavy atom. The third-order valence-corrected chi connectivity index (χ3v) is 5.15. The van der Waals surface area contributed by atoms with Gasteiger partial charge in [0.1, 0.15) is 5.75 Å². The van der Waals surface area contributed by atoms with E-state index in [9.17, 15) is 4.79 Å². The smallest absolute Gasteiger partial charge is 0.262 e. The van der Waals surface area contributed by atoms with Gasteiger partial charge in [-0.05, 0) is 90.6 Å². The monoisotopic (exact) mass is 416 g/mol. The van der Waals surface area contributed by atoms with Crippen LogP contribution in [0.3, 0.4) is 0 Å². The number of halogens is 1. The first-order valence-corrected chi connectivity index (χ1v) is 9.81. The highest BCUT2D eigenvalue weighted by Crippen LogP contribution is 2.30. The number of likely N-dealkylation sites (tertiary alicyclic amines) is 1. The lowest BCUT2D eigenvalue weighted by molar-refractivity contribution is -0.118. The maximum absolute atomic E-state index is 12.2. The summed E-state index contributed by atoms with van der Waals surface area (Å²) < 4.78 is 6.57. The second kappa shape index (κ2) is 8.69. The lowest BCUT2D eigenvalue weighted by atomic mass is 10.1. The average Bonchev–Trinajstić information content (AvgIpc) is 3.08. The van der Waals surface area contributed by atoms with Crippen LogP contribution in [0.5, 0.6) is 5.75 Å². The van der Waals surface area contributed by atoms with Crippen LogP contribution in [0.4, 0.5) is 5.69 Å². The molecule has 0 aliphatic carbocycles. The molecule has 1 saturated heterocycles. The second-order valence-corrected chi connectivity index (χ2v) is 7.76. The van der Waals surface area contributed by atoms with Gasteiger partial charge in [-0.3, -0.25) is 9.69 Å². The minimum absolute atomic E-state index is 0.0158. The quantitative estimate of drug-likeness (QED) is 0.742. The summed E-state index contributed by atoms with van der Waals surface area (Å²) >= 11 is 3.50. The zero-order valence-corrected chi connectivity index (χ0v) is 16.9. The van der Waals surface area contributed by atoms with E-state index in [1.54, 1.807) is 0 Å². The van der Waals surface area contributed by atoms with Gasteiger partial charge < -0.3 is 10.1 Å². The summed E-state index contributed by atoms with van der Waals surface area (Å²) in [5, 5.41) is 2.89. The van der Waals surface area contributed by atoms with E-state index in [0.29, 0.717) is 5.75 Å². The van der Waals surface area contributed by atoms with E-state index in [1.165, 1.54) is 31.5 Å². The van der Waals surface area contributed by atoms with Gasteiger partial charge in [-0.2, -0.15) is 0 Å². The Bertz CT molecular complexity index is 745. The number of ether oxygens (including phenoxy) is 1. The zero-order chi connectivity index (χ0) is 18.5. The Morgan fingerprint density at radius 3 is 2.50 bits per heavy atom. The molecule has 2 aromatic rings. The highest BCUT2D eigenvalue weighted by Gasteiger charge is 2.12. The number of benzene rings is 2. The number of hydrogen-bond donors (Lipinski definition) is 1. The molecule has 1 fully saturated rings. The lowest BCUT2D eigenvalue weighted by Gasteiger charge is -2.15. The fourth-order valence-corrected chi connectivity index (χ4v) is 4.10. The summed E-state index contributed by atoms with van der Waals surface area (Å²) in [6.07, 6.45) is 2.59. The van der Waals surface area contributed by atoms with Gasteiger partial charge in [-0.25, -0.2) is 0 Å². The van der Waals surface area contributed by atoms with Gasteiger partial charge in [0.2, 0.25) is 0 Å². The van der Waals surface area contributed by atoms with Crippen molar-refractivity contribution in [1.82, 2.24) is 4.90 Å². The maximum Gasteiger partial charge on any atom is 0.262 e. The maximum atomic E-state index is 12.2. The predicted octanol–water partition coefficient (Wildman–Crippen LogP) is 4.68. The molecule has 1 N–H and O–H groups in total. The molecule has 138 valence electrons. The number of carbonyl (C=O) groups is 1. The van der Waals surface area contributed by atoms with Crippen LogP contribution in [0.15, 0.2) is 40.9 Å². The average molecular weight is 417 g/mol. The lowest BCUT2D eigenvalue weighted by Crippen LogP contribution is -2.21. The Morgan fingerprint density at radius 1 is 1.15 bits per heavy atom. The van der Waals surface area contributed by atoms with E-state index >= 15 is 0 Å². The third kappa shape index (κ3) is 5.08. The Labute approximate surface area is 163 Å². The molecule has 1 aliphatic heterocycles. The molecule has 1 heterocycles. The zero-order valence-electron chi connectivity index (χ0n) is 15.3. The molecular formula is C21H25BrN2O2. The SMILES string of the molecule is Cc1cc(C)c(OCC(=O)Nc2ccc(CN3CCCC3)cc2)c(Br)c1. The number of amides is 1. The van der Waals surface area contributed by atoms with Crippen molar-refractivity contribution < 1.29 is 9.53 Å². The van der Waals surface area contributed by atoms with E-state index in [1.807, 2.05) is 38.1 Å². The number of aryl methyl sites for hydroxylation is 2. The van der Waals surface area contributed by atoms with Gasteiger partial charge in [-0.1, -0.05) is 18.2 Å². The summed E-state index contributed by atoms with van der Waals surface area (Å²) in [6.45, 7) is 7.34. The second-order valence-electron chi connectivity index (χ2n) is 6.91. The first-order chi connectivity index (χ1) is 12.5. The molecule has 2 aromatic carbocycles. The first-order valence-electron chi connectivity index (χ1n) is 9.02. The number of nitrogens with zero attached hydrogens (tertiary/aromatic N) is 1. The van der Waals surface area contributed by atoms with Crippen LogP contribution in [0.2, 0.25) is 0 Å². The van der Waals surface area contributed by atoms with Crippen molar-refractivity contribution in [3.63, 3.8) is 0 Å². The summed E-state index contributed by atoms with van der Waals surface area (Å²) in [5.41, 5.74) is 4.24. The minimum atomic E-state index is -0.163. The van der Waals surface area contributed by atoms with Crippen molar-refractivity contribution in [3.05, 3.63) is 57.6 Å². The van der Waals surface area contributed by atoms with E-state index in [-0.39, 0.29) is 12.5 Å². The number of nitrogens with one attached hydrogen (secondary N) is 1. The molecule has 0 atom stereocenters. The molecule has 0 saturated carbocycles. The Kier molecular flexibility index (Phi) is 6.33. The molecule has 0 bridgehead atoms. The van der Waals surface area contributed by atoms with Gasteiger partial charge >= 0.3 is 0 Å². The molecule has 1 aliphatic rings. The van der Waals surface area contributed by atoms with Crippen molar-refractivity contribution in [2.24, 2.45) is 0 Å². The molecule has 0 aromatic heterocycles.